The quantitative estimate of drug-likeness (QED) is 0.826. The standard InChI is InChI=1S/C19H31N/c1-14-6-11-18(12-15(14)2)20-13-16-7-9-17(10-8-16)19(3,4)5/h7-10,14-15,18,20H,6,11-13H2,1-5H3. The van der Waals surface area contributed by atoms with Crippen LogP contribution in [0.4, 0.5) is 0 Å². The Morgan fingerprint density at radius 3 is 2.20 bits per heavy atom. The Bertz CT molecular complexity index is 412. The molecule has 0 bridgehead atoms. The van der Waals surface area contributed by atoms with E-state index in [1.165, 1.54) is 30.4 Å². The maximum Gasteiger partial charge on any atom is 0.0208 e. The summed E-state index contributed by atoms with van der Waals surface area (Å²) in [6, 6.07) is 9.83. The van der Waals surface area contributed by atoms with Gasteiger partial charge >= 0.3 is 0 Å². The Kier molecular flexibility index (Phi) is 4.90. The normalized spacial score (nSPS) is 27.6. The minimum atomic E-state index is 0.251. The van der Waals surface area contributed by atoms with Crippen molar-refractivity contribution in [3.63, 3.8) is 0 Å². The SMILES string of the molecule is CC1CCC(NCc2ccc(C(C)(C)C)cc2)CC1C. The maximum atomic E-state index is 3.75. The molecule has 1 fully saturated rings. The van der Waals surface area contributed by atoms with Crippen LogP contribution in [0.3, 0.4) is 0 Å². The van der Waals surface area contributed by atoms with Crippen LogP contribution in [0.5, 0.6) is 0 Å². The van der Waals surface area contributed by atoms with Gasteiger partial charge in [-0.15, -0.1) is 0 Å². The van der Waals surface area contributed by atoms with Crippen LogP contribution in [-0.2, 0) is 12.0 Å². The molecule has 0 radical (unpaired) electrons. The number of hydrogen-bond acceptors (Lipinski definition) is 1. The predicted octanol–water partition coefficient (Wildman–Crippen LogP) is 4.90. The fraction of sp³-hybridized carbons (Fsp3) is 0.684. The Morgan fingerprint density at radius 1 is 1.00 bits per heavy atom. The van der Waals surface area contributed by atoms with Gasteiger partial charge in [-0.1, -0.05) is 58.9 Å². The molecule has 2 rings (SSSR count). The molecule has 1 aliphatic rings. The van der Waals surface area contributed by atoms with E-state index < -0.39 is 0 Å². The average Bonchev–Trinajstić information content (AvgIpc) is 2.40. The zero-order valence-corrected chi connectivity index (χ0v) is 13.9. The first-order valence-corrected chi connectivity index (χ1v) is 8.19. The van der Waals surface area contributed by atoms with Crippen LogP contribution in [0.1, 0.15) is 65.0 Å². The molecule has 1 saturated carbocycles. The number of hydrogen-bond donors (Lipinski definition) is 1. The molecule has 1 heteroatoms. The van der Waals surface area contributed by atoms with Gasteiger partial charge in [0.2, 0.25) is 0 Å². The van der Waals surface area contributed by atoms with Crippen molar-refractivity contribution in [2.75, 3.05) is 0 Å². The summed E-state index contributed by atoms with van der Waals surface area (Å²) < 4.78 is 0. The van der Waals surface area contributed by atoms with Crippen LogP contribution in [0, 0.1) is 11.8 Å². The minimum absolute atomic E-state index is 0.251. The summed E-state index contributed by atoms with van der Waals surface area (Å²) in [5, 5.41) is 3.75. The molecule has 0 aromatic heterocycles. The number of benzene rings is 1. The van der Waals surface area contributed by atoms with Crippen molar-refractivity contribution in [1.29, 1.82) is 0 Å². The van der Waals surface area contributed by atoms with E-state index in [4.69, 9.17) is 0 Å². The van der Waals surface area contributed by atoms with E-state index in [0.717, 1.165) is 18.4 Å². The Hall–Kier alpha value is -0.820. The molecule has 1 aromatic carbocycles. The van der Waals surface area contributed by atoms with Crippen LogP contribution < -0.4 is 5.32 Å². The van der Waals surface area contributed by atoms with Gasteiger partial charge in [0.05, 0.1) is 0 Å². The summed E-state index contributed by atoms with van der Waals surface area (Å²) in [4.78, 5) is 0. The van der Waals surface area contributed by atoms with Crippen LogP contribution in [0.15, 0.2) is 24.3 Å². The molecule has 0 spiro atoms. The third-order valence-corrected chi connectivity index (χ3v) is 5.01. The maximum absolute atomic E-state index is 3.75. The first-order chi connectivity index (χ1) is 9.36. The van der Waals surface area contributed by atoms with E-state index in [2.05, 4.69) is 64.2 Å². The number of nitrogens with one attached hydrogen (secondary N) is 1. The first-order valence-electron chi connectivity index (χ1n) is 8.19. The lowest BCUT2D eigenvalue weighted by Crippen LogP contribution is -2.35. The second kappa shape index (κ2) is 6.30. The first kappa shape index (κ1) is 15.6. The monoisotopic (exact) mass is 273 g/mol. The van der Waals surface area contributed by atoms with Crippen molar-refractivity contribution in [1.82, 2.24) is 5.32 Å². The van der Waals surface area contributed by atoms with Crippen molar-refractivity contribution >= 4 is 0 Å². The molecule has 1 aliphatic carbocycles. The molecule has 1 N–H and O–H groups in total. The van der Waals surface area contributed by atoms with Crippen molar-refractivity contribution < 1.29 is 0 Å². The van der Waals surface area contributed by atoms with Gasteiger partial charge in [0.15, 0.2) is 0 Å². The molecule has 1 nitrogen and oxygen atoms in total. The summed E-state index contributed by atoms with van der Waals surface area (Å²) in [5.74, 6) is 1.77. The van der Waals surface area contributed by atoms with Crippen LogP contribution in [-0.4, -0.2) is 6.04 Å². The van der Waals surface area contributed by atoms with Crippen molar-refractivity contribution in [3.8, 4) is 0 Å². The van der Waals surface area contributed by atoms with E-state index in [1.54, 1.807) is 0 Å². The van der Waals surface area contributed by atoms with Crippen LogP contribution >= 0.6 is 0 Å². The van der Waals surface area contributed by atoms with Crippen LogP contribution in [0.25, 0.3) is 0 Å². The van der Waals surface area contributed by atoms with Gasteiger partial charge in [-0.2, -0.15) is 0 Å². The molecular weight excluding hydrogens is 242 g/mol. The van der Waals surface area contributed by atoms with Crippen LogP contribution in [0.2, 0.25) is 0 Å². The topological polar surface area (TPSA) is 12.0 Å². The third kappa shape index (κ3) is 4.09. The zero-order chi connectivity index (χ0) is 14.8. The van der Waals surface area contributed by atoms with E-state index in [9.17, 15) is 0 Å². The minimum Gasteiger partial charge on any atom is -0.310 e. The van der Waals surface area contributed by atoms with Gasteiger partial charge in [0.25, 0.3) is 0 Å². The summed E-state index contributed by atoms with van der Waals surface area (Å²) in [7, 11) is 0. The van der Waals surface area contributed by atoms with Gasteiger partial charge in [-0.05, 0) is 47.6 Å². The Labute approximate surface area is 125 Å². The lowest BCUT2D eigenvalue weighted by atomic mass is 9.79. The predicted molar refractivity (Wildman–Crippen MR) is 87.9 cm³/mol. The van der Waals surface area contributed by atoms with Gasteiger partial charge < -0.3 is 5.32 Å². The van der Waals surface area contributed by atoms with Gasteiger partial charge in [0, 0.05) is 12.6 Å². The highest BCUT2D eigenvalue weighted by Crippen LogP contribution is 2.29. The molecule has 3 atom stereocenters. The highest BCUT2D eigenvalue weighted by molar-refractivity contribution is 5.27. The van der Waals surface area contributed by atoms with Gasteiger partial charge in [-0.3, -0.25) is 0 Å². The zero-order valence-electron chi connectivity index (χ0n) is 13.9. The largest absolute Gasteiger partial charge is 0.310 e. The fourth-order valence-corrected chi connectivity index (χ4v) is 3.12. The highest BCUT2D eigenvalue weighted by atomic mass is 14.9. The third-order valence-electron chi connectivity index (χ3n) is 5.01. The lowest BCUT2D eigenvalue weighted by Gasteiger charge is -2.32. The Morgan fingerprint density at radius 2 is 1.65 bits per heavy atom. The molecule has 0 aliphatic heterocycles. The summed E-state index contributed by atoms with van der Waals surface area (Å²) in [6.45, 7) is 12.6. The molecule has 3 unspecified atom stereocenters. The van der Waals surface area contributed by atoms with E-state index >= 15 is 0 Å². The molecule has 20 heavy (non-hydrogen) atoms. The van der Waals surface area contributed by atoms with Gasteiger partial charge in [-0.25, -0.2) is 0 Å². The smallest absolute Gasteiger partial charge is 0.0208 e. The molecule has 0 heterocycles. The summed E-state index contributed by atoms with van der Waals surface area (Å²) in [5.41, 5.74) is 3.08. The number of rotatable bonds is 3. The lowest BCUT2D eigenvalue weighted by molar-refractivity contribution is 0.225. The average molecular weight is 273 g/mol. The summed E-state index contributed by atoms with van der Waals surface area (Å²) in [6.07, 6.45) is 4.05. The van der Waals surface area contributed by atoms with E-state index in [1.807, 2.05) is 0 Å². The van der Waals surface area contributed by atoms with Crippen molar-refractivity contribution in [2.45, 2.75) is 71.9 Å². The van der Waals surface area contributed by atoms with Gasteiger partial charge in [0.1, 0.15) is 0 Å². The second-order valence-electron chi connectivity index (χ2n) is 7.79. The van der Waals surface area contributed by atoms with E-state index in [-0.39, 0.29) is 5.41 Å². The Balaban J connectivity index is 1.85. The molecule has 0 amide bonds. The fourth-order valence-electron chi connectivity index (χ4n) is 3.12. The van der Waals surface area contributed by atoms with E-state index in [0.29, 0.717) is 6.04 Å². The molecule has 0 saturated heterocycles. The summed E-state index contributed by atoms with van der Waals surface area (Å²) >= 11 is 0. The van der Waals surface area contributed by atoms with Crippen molar-refractivity contribution in [2.24, 2.45) is 11.8 Å². The second-order valence-corrected chi connectivity index (χ2v) is 7.79. The molecular formula is C19H31N. The van der Waals surface area contributed by atoms with Crippen molar-refractivity contribution in [3.05, 3.63) is 35.4 Å². The molecule has 112 valence electrons. The molecule has 1 aromatic rings. The highest BCUT2D eigenvalue weighted by Gasteiger charge is 2.23.